The summed E-state index contributed by atoms with van der Waals surface area (Å²) in [4.78, 5) is 0.114. The van der Waals surface area contributed by atoms with Crippen molar-refractivity contribution in [1.82, 2.24) is 9.88 Å². The van der Waals surface area contributed by atoms with Gasteiger partial charge < -0.3 is 9.88 Å². The second-order valence-electron chi connectivity index (χ2n) is 7.65. The summed E-state index contributed by atoms with van der Waals surface area (Å²) in [6.45, 7) is 1.97. The first-order valence-corrected chi connectivity index (χ1v) is 12.1. The number of para-hydroxylation sites is 1. The average Bonchev–Trinajstić information content (AvgIpc) is 3.10. The van der Waals surface area contributed by atoms with Crippen molar-refractivity contribution >= 4 is 32.5 Å². The maximum absolute atomic E-state index is 13.4. The van der Waals surface area contributed by atoms with E-state index >= 15 is 0 Å². The number of nitrogens with two attached hydrogens (primary N) is 1. The number of benzene rings is 3. The van der Waals surface area contributed by atoms with E-state index in [1.54, 1.807) is 18.2 Å². The summed E-state index contributed by atoms with van der Waals surface area (Å²) in [7, 11) is -3.67. The van der Waals surface area contributed by atoms with E-state index in [1.165, 1.54) is 24.3 Å². The number of fused-ring (bicyclic) bond motifs is 1. The average molecular weight is 472 g/mol. The van der Waals surface area contributed by atoms with Crippen molar-refractivity contribution in [2.24, 2.45) is 5.14 Å². The lowest BCUT2D eigenvalue weighted by atomic mass is 10.1. The van der Waals surface area contributed by atoms with Crippen LogP contribution in [-0.2, 0) is 29.5 Å². The van der Waals surface area contributed by atoms with Crippen molar-refractivity contribution in [2.45, 2.75) is 24.4 Å². The molecule has 166 valence electrons. The molecule has 3 aromatic carbocycles. The fourth-order valence-corrected chi connectivity index (χ4v) is 4.47. The number of sulfonamides is 1. The highest BCUT2D eigenvalue weighted by atomic mass is 35.5. The lowest BCUT2D eigenvalue weighted by Crippen LogP contribution is -2.17. The van der Waals surface area contributed by atoms with Crippen LogP contribution in [0, 0.1) is 5.82 Å². The molecule has 0 spiro atoms. The number of nitrogens with zero attached hydrogens (tertiary/aromatic N) is 1. The first-order chi connectivity index (χ1) is 15.3. The summed E-state index contributed by atoms with van der Waals surface area (Å²) in [5, 5.41) is 10.2. The predicted octanol–water partition coefficient (Wildman–Crippen LogP) is 4.46. The van der Waals surface area contributed by atoms with Crippen LogP contribution in [0.3, 0.4) is 0 Å². The molecule has 1 heterocycles. The molecular formula is C24H23ClFN3O2S. The van der Waals surface area contributed by atoms with Gasteiger partial charge in [-0.1, -0.05) is 48.0 Å². The second-order valence-corrected chi connectivity index (χ2v) is 9.62. The van der Waals surface area contributed by atoms with Gasteiger partial charge in [-0.3, -0.25) is 0 Å². The van der Waals surface area contributed by atoms with Gasteiger partial charge in [0.2, 0.25) is 10.0 Å². The van der Waals surface area contributed by atoms with Crippen LogP contribution in [0.25, 0.3) is 10.9 Å². The van der Waals surface area contributed by atoms with E-state index in [9.17, 15) is 12.8 Å². The molecule has 4 aromatic rings. The number of rotatable bonds is 8. The van der Waals surface area contributed by atoms with Crippen LogP contribution in [0.1, 0.15) is 16.7 Å². The number of hydrogen-bond donors (Lipinski definition) is 2. The zero-order valence-corrected chi connectivity index (χ0v) is 18.8. The Morgan fingerprint density at radius 3 is 2.47 bits per heavy atom. The Balaban J connectivity index is 1.43. The van der Waals surface area contributed by atoms with Crippen molar-refractivity contribution in [1.29, 1.82) is 0 Å². The number of primary sulfonamides is 1. The van der Waals surface area contributed by atoms with Crippen molar-refractivity contribution in [3.05, 3.63) is 100 Å². The molecular weight excluding hydrogens is 449 g/mol. The van der Waals surface area contributed by atoms with E-state index in [4.69, 9.17) is 16.7 Å². The Morgan fingerprint density at radius 1 is 1.00 bits per heavy atom. The van der Waals surface area contributed by atoms with E-state index in [-0.39, 0.29) is 10.7 Å². The van der Waals surface area contributed by atoms with Crippen LogP contribution >= 0.6 is 11.6 Å². The molecule has 5 nitrogen and oxygen atoms in total. The Morgan fingerprint density at radius 2 is 1.75 bits per heavy atom. The number of aromatic nitrogens is 1. The molecule has 4 rings (SSSR count). The van der Waals surface area contributed by atoms with Gasteiger partial charge >= 0.3 is 0 Å². The third-order valence-electron chi connectivity index (χ3n) is 5.38. The molecule has 0 aliphatic carbocycles. The maximum Gasteiger partial charge on any atom is 0.238 e. The third kappa shape index (κ3) is 5.19. The summed E-state index contributed by atoms with van der Waals surface area (Å²) in [6.07, 6.45) is 2.85. The molecule has 0 aliphatic rings. The van der Waals surface area contributed by atoms with Crippen LogP contribution < -0.4 is 10.5 Å². The van der Waals surface area contributed by atoms with Crippen LogP contribution in [-0.4, -0.2) is 19.5 Å². The zero-order valence-electron chi connectivity index (χ0n) is 17.3. The minimum atomic E-state index is -3.67. The van der Waals surface area contributed by atoms with Crippen molar-refractivity contribution in [2.75, 3.05) is 6.54 Å². The van der Waals surface area contributed by atoms with E-state index in [0.717, 1.165) is 40.6 Å². The highest BCUT2D eigenvalue weighted by Gasteiger charge is 2.11. The van der Waals surface area contributed by atoms with Gasteiger partial charge in [-0.25, -0.2) is 17.9 Å². The topological polar surface area (TPSA) is 77.1 Å². The van der Waals surface area contributed by atoms with Gasteiger partial charge in [0.1, 0.15) is 5.82 Å². The Hall–Kier alpha value is -2.71. The van der Waals surface area contributed by atoms with Gasteiger partial charge in [0.05, 0.1) is 4.90 Å². The Kier molecular flexibility index (Phi) is 6.62. The molecule has 1 aromatic heterocycles. The quantitative estimate of drug-likeness (QED) is 0.372. The van der Waals surface area contributed by atoms with Crippen LogP contribution in [0.2, 0.25) is 5.02 Å². The minimum absolute atomic E-state index is 0.114. The molecule has 0 radical (unpaired) electrons. The molecule has 0 saturated carbocycles. The van der Waals surface area contributed by atoms with Gasteiger partial charge in [0, 0.05) is 35.2 Å². The fraction of sp³-hybridized carbons (Fsp3) is 0.167. The second kappa shape index (κ2) is 9.42. The molecule has 32 heavy (non-hydrogen) atoms. The largest absolute Gasteiger partial charge is 0.343 e. The summed E-state index contributed by atoms with van der Waals surface area (Å²) in [5.74, 6) is -0.347. The normalized spacial score (nSPS) is 11.8. The van der Waals surface area contributed by atoms with Gasteiger partial charge in [-0.2, -0.15) is 0 Å². The van der Waals surface area contributed by atoms with E-state index in [1.807, 2.05) is 12.1 Å². The highest BCUT2D eigenvalue weighted by molar-refractivity contribution is 7.89. The van der Waals surface area contributed by atoms with E-state index in [0.29, 0.717) is 18.1 Å². The van der Waals surface area contributed by atoms with Crippen LogP contribution in [0.5, 0.6) is 0 Å². The lowest BCUT2D eigenvalue weighted by Gasteiger charge is -2.07. The summed E-state index contributed by atoms with van der Waals surface area (Å²) in [5.41, 5.74) is 4.13. The SMILES string of the molecule is NS(=O)(=O)c1ccc(CCNCc2cn(Cc3ccc(F)cc3Cl)c3ccccc23)cc1. The standard InChI is InChI=1S/C24H23ClFN3O2S/c25-23-13-20(26)8-7-18(23)15-29-16-19(22-3-1-2-4-24(22)29)14-28-12-11-17-5-9-21(10-6-17)32(27,30)31/h1-10,13,16,28H,11-12,14-15H2,(H2,27,30,31). The molecule has 3 N–H and O–H groups in total. The van der Waals surface area contributed by atoms with Crippen LogP contribution in [0.4, 0.5) is 4.39 Å². The summed E-state index contributed by atoms with van der Waals surface area (Å²) >= 11 is 6.23. The van der Waals surface area contributed by atoms with Crippen molar-refractivity contribution in [3.63, 3.8) is 0 Å². The lowest BCUT2D eigenvalue weighted by molar-refractivity contribution is 0.597. The van der Waals surface area contributed by atoms with Gasteiger partial charge in [0.25, 0.3) is 0 Å². The molecule has 8 heteroatoms. The summed E-state index contributed by atoms with van der Waals surface area (Å²) in [6, 6.07) is 19.2. The van der Waals surface area contributed by atoms with E-state index < -0.39 is 10.0 Å². The maximum atomic E-state index is 13.4. The molecule has 0 fully saturated rings. The van der Waals surface area contributed by atoms with E-state index in [2.05, 4.69) is 28.2 Å². The molecule has 0 saturated heterocycles. The highest BCUT2D eigenvalue weighted by Crippen LogP contribution is 2.25. The van der Waals surface area contributed by atoms with Crippen molar-refractivity contribution < 1.29 is 12.8 Å². The Bertz CT molecular complexity index is 1350. The minimum Gasteiger partial charge on any atom is -0.343 e. The third-order valence-corrected chi connectivity index (χ3v) is 6.67. The molecule has 0 aliphatic heterocycles. The molecule has 0 unspecified atom stereocenters. The predicted molar refractivity (Wildman–Crippen MR) is 126 cm³/mol. The smallest absolute Gasteiger partial charge is 0.238 e. The first-order valence-electron chi connectivity index (χ1n) is 10.1. The number of halogens is 2. The Labute approximate surface area is 191 Å². The monoisotopic (exact) mass is 471 g/mol. The van der Waals surface area contributed by atoms with Gasteiger partial charge in [0.15, 0.2) is 0 Å². The van der Waals surface area contributed by atoms with Crippen LogP contribution in [0.15, 0.2) is 77.8 Å². The number of nitrogens with one attached hydrogen (secondary N) is 1. The van der Waals surface area contributed by atoms with Gasteiger partial charge in [-0.05, 0) is 60.0 Å². The van der Waals surface area contributed by atoms with Gasteiger partial charge in [-0.15, -0.1) is 0 Å². The summed E-state index contributed by atoms with van der Waals surface area (Å²) < 4.78 is 38.2. The number of hydrogen-bond acceptors (Lipinski definition) is 3. The molecule has 0 atom stereocenters. The first kappa shape index (κ1) is 22.5. The zero-order chi connectivity index (χ0) is 22.7. The molecule has 0 amide bonds. The molecule has 0 bridgehead atoms. The van der Waals surface area contributed by atoms with Crippen molar-refractivity contribution in [3.8, 4) is 0 Å². The fourth-order valence-electron chi connectivity index (χ4n) is 3.73.